The largest absolute Gasteiger partial charge is 0.714 e. The van der Waals surface area contributed by atoms with Gasteiger partial charge in [-0.05, 0) is 97.5 Å². The summed E-state index contributed by atoms with van der Waals surface area (Å²) in [6, 6.07) is 4.14. The molecular weight excluding hydrogens is 560 g/mol. The number of unbranched alkanes of at least 4 members (excludes halogenated alkanes) is 1. The van der Waals surface area contributed by atoms with Gasteiger partial charge in [0.25, 0.3) is 5.91 Å². The smallest absolute Gasteiger partial charge is 0.326 e. The average Bonchev–Trinajstić information content (AvgIpc) is 3.54. The lowest BCUT2D eigenvalue weighted by Crippen LogP contribution is -2.53. The second kappa shape index (κ2) is 14.0. The molecule has 14 nitrogen and oxygen atoms in total. The first-order valence-electron chi connectivity index (χ1n) is 14.6. The molecule has 2 aliphatic rings. The molecule has 1 saturated heterocycles. The fraction of sp³-hybridized carbons (Fsp3) is 0.621. The highest BCUT2D eigenvalue weighted by Gasteiger charge is 2.58. The van der Waals surface area contributed by atoms with Crippen molar-refractivity contribution in [1.82, 2.24) is 26.3 Å². The second-order valence-corrected chi connectivity index (χ2v) is 12.0. The Kier molecular flexibility index (Phi) is 11.0. The minimum Gasteiger partial charge on any atom is -0.714 e. The van der Waals surface area contributed by atoms with Crippen molar-refractivity contribution in [3.63, 3.8) is 0 Å². The third-order valence-electron chi connectivity index (χ3n) is 8.40. The van der Waals surface area contributed by atoms with E-state index in [2.05, 4.69) is 21.3 Å². The Morgan fingerprint density at radius 3 is 2.37 bits per heavy atom. The number of carbonyl (C=O) groups excluding carboxylic acids is 3. The summed E-state index contributed by atoms with van der Waals surface area (Å²) in [5.41, 5.74) is -1.18. The number of hydrogen-bond acceptors (Lipinski definition) is 9. The topological polar surface area (TPSA) is 195 Å². The standard InChI is InChI=1S/C29H44N6O8/c1-18(32-25(38)21-10-8-16-30-21)24(37)33-22(27(39)40)9-6-7-15-31-23(36)17-43-20-13-11-19(12-14-20)26-34(41)28(2,3)29(4,5)35(26)42/h11-14,18,21-22,30,41H,6-10,15-17H2,1-5H3,(H,31,36)(H,32,38)(H,33,37)(H,39,40)/t18-,21-,22-/m0/s1. The molecule has 43 heavy (non-hydrogen) atoms. The van der Waals surface area contributed by atoms with Gasteiger partial charge < -0.3 is 36.3 Å². The van der Waals surface area contributed by atoms with E-state index < -0.39 is 35.0 Å². The molecule has 2 aliphatic heterocycles. The van der Waals surface area contributed by atoms with Crippen LogP contribution in [-0.2, 0) is 19.2 Å². The normalized spacial score (nSPS) is 20.3. The summed E-state index contributed by atoms with van der Waals surface area (Å²) in [4.78, 5) is 48.5. The zero-order valence-corrected chi connectivity index (χ0v) is 25.4. The van der Waals surface area contributed by atoms with Gasteiger partial charge >= 0.3 is 11.8 Å². The summed E-state index contributed by atoms with van der Waals surface area (Å²) in [6.45, 7) is 9.37. The first kappa shape index (κ1) is 33.6. The van der Waals surface area contributed by atoms with Crippen LogP contribution in [-0.4, -0.2) is 98.5 Å². The number of carboxylic acid groups (broad SMARTS) is 1. The highest BCUT2D eigenvalue weighted by Crippen LogP contribution is 2.37. The number of carbonyl (C=O) groups is 4. The van der Waals surface area contributed by atoms with Gasteiger partial charge in [-0.1, -0.05) is 0 Å². The number of ether oxygens (including phenoxy) is 1. The van der Waals surface area contributed by atoms with Crippen molar-refractivity contribution in [3.8, 4) is 5.75 Å². The second-order valence-electron chi connectivity index (χ2n) is 12.0. The lowest BCUT2D eigenvalue weighted by atomic mass is 9.84. The molecule has 0 saturated carbocycles. The SMILES string of the molecule is C[C@H](NC(=O)[C@@H]1CCCN1)C(=O)N[C@@H](CCCCNC(=O)COc1ccc(C2=[N+]([O-])C(C)(C)C(C)(C)N2O)cc1)C(=O)O. The molecular formula is C29H44N6O8. The molecule has 0 aromatic heterocycles. The lowest BCUT2D eigenvalue weighted by Gasteiger charge is -2.33. The van der Waals surface area contributed by atoms with Gasteiger partial charge in [-0.2, -0.15) is 0 Å². The maximum atomic E-state index is 12.9. The number of hydroxylamine groups is 3. The van der Waals surface area contributed by atoms with Crippen molar-refractivity contribution >= 4 is 29.5 Å². The Balaban J connectivity index is 1.36. The van der Waals surface area contributed by atoms with Crippen LogP contribution in [0.15, 0.2) is 24.3 Å². The van der Waals surface area contributed by atoms with E-state index in [0.29, 0.717) is 30.6 Å². The van der Waals surface area contributed by atoms with Gasteiger partial charge in [-0.25, -0.2) is 10.0 Å². The number of nitrogens with zero attached hydrogens (tertiary/aromatic N) is 2. The van der Waals surface area contributed by atoms with E-state index in [1.54, 1.807) is 52.0 Å². The van der Waals surface area contributed by atoms with Gasteiger partial charge in [0.2, 0.25) is 11.8 Å². The van der Waals surface area contributed by atoms with Gasteiger partial charge in [-0.15, -0.1) is 5.06 Å². The molecule has 0 unspecified atom stereocenters. The maximum absolute atomic E-state index is 12.9. The molecule has 3 atom stereocenters. The third-order valence-corrected chi connectivity index (χ3v) is 8.40. The van der Waals surface area contributed by atoms with Crippen LogP contribution in [0.1, 0.15) is 72.3 Å². The predicted molar refractivity (Wildman–Crippen MR) is 157 cm³/mol. The molecule has 0 spiro atoms. The summed E-state index contributed by atoms with van der Waals surface area (Å²) in [5.74, 6) is -1.87. The molecule has 6 N–H and O–H groups in total. The molecule has 0 radical (unpaired) electrons. The summed E-state index contributed by atoms with van der Waals surface area (Å²) in [5, 5.41) is 44.8. The first-order valence-corrected chi connectivity index (χ1v) is 14.6. The quantitative estimate of drug-likeness (QED) is 0.0999. The minimum atomic E-state index is -1.18. The Bertz CT molecular complexity index is 1210. The summed E-state index contributed by atoms with van der Waals surface area (Å²) in [7, 11) is 0. The minimum absolute atomic E-state index is 0.127. The molecule has 0 aliphatic carbocycles. The van der Waals surface area contributed by atoms with Crippen molar-refractivity contribution in [1.29, 1.82) is 0 Å². The number of nitrogens with one attached hydrogen (secondary N) is 4. The first-order chi connectivity index (χ1) is 20.2. The molecule has 3 rings (SSSR count). The van der Waals surface area contributed by atoms with Gasteiger partial charge in [0, 0.05) is 6.54 Å². The van der Waals surface area contributed by atoms with Gasteiger partial charge in [0.05, 0.1) is 11.6 Å². The number of amidine groups is 1. The zero-order valence-electron chi connectivity index (χ0n) is 25.4. The van der Waals surface area contributed by atoms with E-state index in [0.717, 1.165) is 22.8 Å². The van der Waals surface area contributed by atoms with E-state index in [9.17, 15) is 34.7 Å². The van der Waals surface area contributed by atoms with Crippen LogP contribution in [0, 0.1) is 5.21 Å². The number of carboxylic acids is 1. The summed E-state index contributed by atoms with van der Waals surface area (Å²) in [6.07, 6.45) is 2.64. The van der Waals surface area contributed by atoms with Crippen LogP contribution in [0.3, 0.4) is 0 Å². The Morgan fingerprint density at radius 1 is 1.14 bits per heavy atom. The van der Waals surface area contributed by atoms with Crippen LogP contribution >= 0.6 is 0 Å². The molecule has 14 heteroatoms. The number of amides is 3. The van der Waals surface area contributed by atoms with E-state index >= 15 is 0 Å². The average molecular weight is 605 g/mol. The van der Waals surface area contributed by atoms with Crippen molar-refractivity contribution in [2.24, 2.45) is 0 Å². The van der Waals surface area contributed by atoms with E-state index in [1.165, 1.54) is 6.92 Å². The monoisotopic (exact) mass is 604 g/mol. The fourth-order valence-electron chi connectivity index (χ4n) is 4.81. The van der Waals surface area contributed by atoms with Crippen molar-refractivity contribution < 1.29 is 39.0 Å². The molecule has 3 amide bonds. The van der Waals surface area contributed by atoms with Crippen molar-refractivity contribution in [2.45, 2.75) is 95.9 Å². The van der Waals surface area contributed by atoms with Crippen molar-refractivity contribution in [3.05, 3.63) is 35.0 Å². The lowest BCUT2D eigenvalue weighted by molar-refractivity contribution is -0.539. The Labute approximate surface area is 251 Å². The van der Waals surface area contributed by atoms with Gasteiger partial charge in [0.15, 0.2) is 12.1 Å². The summed E-state index contributed by atoms with van der Waals surface area (Å²) >= 11 is 0. The van der Waals surface area contributed by atoms with Crippen LogP contribution in [0.4, 0.5) is 0 Å². The molecule has 1 aromatic carbocycles. The van der Waals surface area contributed by atoms with E-state index in [1.807, 2.05) is 0 Å². The molecule has 238 valence electrons. The zero-order chi connectivity index (χ0) is 31.9. The Morgan fingerprint density at radius 2 is 1.81 bits per heavy atom. The highest BCUT2D eigenvalue weighted by atomic mass is 16.5. The molecule has 1 fully saturated rings. The van der Waals surface area contributed by atoms with Crippen LogP contribution < -0.4 is 26.0 Å². The third kappa shape index (κ3) is 7.93. The van der Waals surface area contributed by atoms with Gasteiger partial charge in [-0.3, -0.25) is 19.1 Å². The number of rotatable bonds is 14. The van der Waals surface area contributed by atoms with Crippen LogP contribution in [0.25, 0.3) is 0 Å². The fourth-order valence-corrected chi connectivity index (χ4v) is 4.81. The number of aliphatic carboxylic acids is 1. The van der Waals surface area contributed by atoms with Crippen LogP contribution in [0.2, 0.25) is 0 Å². The summed E-state index contributed by atoms with van der Waals surface area (Å²) < 4.78 is 6.32. The molecule has 2 heterocycles. The van der Waals surface area contributed by atoms with Crippen LogP contribution in [0.5, 0.6) is 5.75 Å². The molecule has 0 bridgehead atoms. The van der Waals surface area contributed by atoms with E-state index in [-0.39, 0.29) is 43.3 Å². The predicted octanol–water partition coefficient (Wildman–Crippen LogP) is 0.697. The van der Waals surface area contributed by atoms with E-state index in [4.69, 9.17) is 4.74 Å². The maximum Gasteiger partial charge on any atom is 0.326 e. The number of hydrogen-bond donors (Lipinski definition) is 6. The molecule has 1 aromatic rings. The highest BCUT2D eigenvalue weighted by molar-refractivity contribution is 5.96. The van der Waals surface area contributed by atoms with Crippen molar-refractivity contribution in [2.75, 3.05) is 19.7 Å². The Hall–Kier alpha value is -3.91. The number of benzene rings is 1. The van der Waals surface area contributed by atoms with Gasteiger partial charge in [0.1, 0.15) is 23.4 Å².